The molecule has 1 fully saturated rings. The lowest BCUT2D eigenvalue weighted by molar-refractivity contribution is -0.121. The fourth-order valence-electron chi connectivity index (χ4n) is 1.99. The van der Waals surface area contributed by atoms with Gasteiger partial charge in [-0.1, -0.05) is 24.3 Å². The van der Waals surface area contributed by atoms with Crippen LogP contribution in [0.1, 0.15) is 18.4 Å². The molecule has 0 radical (unpaired) electrons. The molecule has 2 aromatic rings. The van der Waals surface area contributed by atoms with Crippen LogP contribution in [-0.2, 0) is 11.3 Å². The van der Waals surface area contributed by atoms with Crippen LogP contribution in [0.2, 0.25) is 0 Å². The van der Waals surface area contributed by atoms with E-state index in [0.717, 1.165) is 24.0 Å². The molecule has 1 aromatic carbocycles. The fraction of sp³-hybridized carbons (Fsp3) is 0.357. The van der Waals surface area contributed by atoms with Crippen molar-refractivity contribution in [2.24, 2.45) is 0 Å². The number of aromatic nitrogens is 4. The van der Waals surface area contributed by atoms with Gasteiger partial charge in [-0.05, 0) is 30.5 Å². The normalized spacial score (nSPS) is 13.7. The summed E-state index contributed by atoms with van der Waals surface area (Å²) in [6.45, 7) is 1.79. The highest BCUT2D eigenvalue weighted by Crippen LogP contribution is 2.18. The molecule has 8 nitrogen and oxygen atoms in total. The minimum atomic E-state index is -0.480. The number of nitrogens with one attached hydrogen (secondary N) is 2. The summed E-state index contributed by atoms with van der Waals surface area (Å²) < 4.78 is 0. The molecule has 0 bridgehead atoms. The van der Waals surface area contributed by atoms with Gasteiger partial charge in [0, 0.05) is 11.6 Å². The Morgan fingerprint density at radius 2 is 2.09 bits per heavy atom. The van der Waals surface area contributed by atoms with Crippen molar-refractivity contribution >= 4 is 11.9 Å². The third-order valence-electron chi connectivity index (χ3n) is 3.29. The summed E-state index contributed by atoms with van der Waals surface area (Å²) in [5, 5.41) is 16.9. The van der Waals surface area contributed by atoms with Crippen molar-refractivity contribution in [3.05, 3.63) is 29.8 Å². The molecule has 0 spiro atoms. The Labute approximate surface area is 126 Å². The van der Waals surface area contributed by atoms with Crippen LogP contribution in [0.3, 0.4) is 0 Å². The highest BCUT2D eigenvalue weighted by molar-refractivity contribution is 5.94. The number of benzene rings is 1. The molecule has 0 unspecified atom stereocenters. The van der Waals surface area contributed by atoms with E-state index in [9.17, 15) is 9.59 Å². The first-order valence-electron chi connectivity index (χ1n) is 7.06. The average molecular weight is 300 g/mol. The van der Waals surface area contributed by atoms with Crippen molar-refractivity contribution in [3.63, 3.8) is 0 Å². The predicted octanol–water partition coefficient (Wildman–Crippen LogP) is 0.637. The number of amides is 3. The summed E-state index contributed by atoms with van der Waals surface area (Å²) in [7, 11) is 0. The van der Waals surface area contributed by atoms with E-state index in [1.165, 1.54) is 4.80 Å². The van der Waals surface area contributed by atoms with Crippen molar-refractivity contribution in [1.29, 1.82) is 0 Å². The Bertz CT molecular complexity index is 707. The van der Waals surface area contributed by atoms with E-state index in [0.29, 0.717) is 5.82 Å². The molecule has 114 valence electrons. The lowest BCUT2D eigenvalue weighted by Gasteiger charge is -2.04. The van der Waals surface area contributed by atoms with E-state index in [1.54, 1.807) is 0 Å². The second kappa shape index (κ2) is 5.92. The summed E-state index contributed by atoms with van der Waals surface area (Å²) in [5.41, 5.74) is 1.89. The molecular weight excluding hydrogens is 284 g/mol. The zero-order valence-electron chi connectivity index (χ0n) is 12.1. The zero-order valence-corrected chi connectivity index (χ0v) is 12.1. The number of hydrogen-bond donors (Lipinski definition) is 2. The Hall–Kier alpha value is -2.77. The highest BCUT2D eigenvalue weighted by Gasteiger charge is 2.24. The minimum absolute atomic E-state index is 0.156. The SMILES string of the molecule is Cc1ccccc1-c1nnn(CC(=O)NC(=O)NC2CC2)n1. The van der Waals surface area contributed by atoms with Crippen molar-refractivity contribution in [2.75, 3.05) is 0 Å². The average Bonchev–Trinajstić information content (AvgIpc) is 3.16. The van der Waals surface area contributed by atoms with Gasteiger partial charge in [0.1, 0.15) is 6.54 Å². The molecule has 1 saturated carbocycles. The Kier molecular flexibility index (Phi) is 3.82. The van der Waals surface area contributed by atoms with Gasteiger partial charge < -0.3 is 5.32 Å². The van der Waals surface area contributed by atoms with Gasteiger partial charge in [0.25, 0.3) is 5.91 Å². The van der Waals surface area contributed by atoms with Gasteiger partial charge in [-0.25, -0.2) is 4.79 Å². The number of carbonyl (C=O) groups is 2. The quantitative estimate of drug-likeness (QED) is 0.862. The second-order valence-corrected chi connectivity index (χ2v) is 5.25. The number of hydrogen-bond acceptors (Lipinski definition) is 5. The maximum absolute atomic E-state index is 11.7. The van der Waals surface area contributed by atoms with Crippen LogP contribution in [0, 0.1) is 6.92 Å². The van der Waals surface area contributed by atoms with E-state index >= 15 is 0 Å². The number of tetrazole rings is 1. The van der Waals surface area contributed by atoms with Crippen LogP contribution >= 0.6 is 0 Å². The van der Waals surface area contributed by atoms with Crippen LogP contribution in [0.4, 0.5) is 4.79 Å². The summed E-state index contributed by atoms with van der Waals surface area (Å²) in [5.74, 6) is -0.0276. The molecule has 1 aliphatic rings. The van der Waals surface area contributed by atoms with Gasteiger partial charge in [0.05, 0.1) is 0 Å². The predicted molar refractivity (Wildman–Crippen MR) is 77.7 cm³/mol. The van der Waals surface area contributed by atoms with Crippen molar-refractivity contribution in [2.45, 2.75) is 32.4 Å². The van der Waals surface area contributed by atoms with E-state index in [1.807, 2.05) is 31.2 Å². The van der Waals surface area contributed by atoms with Gasteiger partial charge >= 0.3 is 6.03 Å². The number of imide groups is 1. The monoisotopic (exact) mass is 300 g/mol. The van der Waals surface area contributed by atoms with Crippen LogP contribution in [0.25, 0.3) is 11.4 Å². The lowest BCUT2D eigenvalue weighted by Crippen LogP contribution is -2.42. The fourth-order valence-corrected chi connectivity index (χ4v) is 1.99. The molecule has 1 heterocycles. The molecule has 22 heavy (non-hydrogen) atoms. The highest BCUT2D eigenvalue weighted by atomic mass is 16.2. The van der Waals surface area contributed by atoms with Crippen molar-refractivity contribution in [3.8, 4) is 11.4 Å². The lowest BCUT2D eigenvalue weighted by atomic mass is 10.1. The molecule has 3 rings (SSSR count). The van der Waals surface area contributed by atoms with Gasteiger partial charge in [-0.2, -0.15) is 4.80 Å². The summed E-state index contributed by atoms with van der Waals surface area (Å²) in [6.07, 6.45) is 1.93. The molecule has 8 heteroatoms. The molecule has 0 saturated heterocycles. The number of carbonyl (C=O) groups excluding carboxylic acids is 2. The van der Waals surface area contributed by atoms with E-state index in [4.69, 9.17) is 0 Å². The standard InChI is InChI=1S/C14H16N6O2/c1-9-4-2-3-5-11(9)13-17-19-20(18-13)8-12(21)16-14(22)15-10-6-7-10/h2-5,10H,6-8H2,1H3,(H2,15,16,21,22). The van der Waals surface area contributed by atoms with Crippen molar-refractivity contribution < 1.29 is 9.59 Å². The van der Waals surface area contributed by atoms with Crippen LogP contribution in [0.5, 0.6) is 0 Å². The van der Waals surface area contributed by atoms with E-state index in [2.05, 4.69) is 26.0 Å². The molecule has 3 amide bonds. The Morgan fingerprint density at radius 3 is 2.82 bits per heavy atom. The van der Waals surface area contributed by atoms with Gasteiger partial charge in [-0.3, -0.25) is 10.1 Å². The molecule has 1 aromatic heterocycles. The Balaban J connectivity index is 1.60. The first-order valence-corrected chi connectivity index (χ1v) is 7.06. The molecule has 1 aliphatic carbocycles. The third-order valence-corrected chi connectivity index (χ3v) is 3.29. The summed E-state index contributed by atoms with van der Waals surface area (Å²) in [4.78, 5) is 24.4. The van der Waals surface area contributed by atoms with Crippen LogP contribution in [0.15, 0.2) is 24.3 Å². The summed E-state index contributed by atoms with van der Waals surface area (Å²) in [6, 6.07) is 7.37. The van der Waals surface area contributed by atoms with Crippen LogP contribution in [-0.4, -0.2) is 38.2 Å². The van der Waals surface area contributed by atoms with E-state index in [-0.39, 0.29) is 12.6 Å². The maximum Gasteiger partial charge on any atom is 0.321 e. The topological polar surface area (TPSA) is 102 Å². The van der Waals surface area contributed by atoms with E-state index < -0.39 is 11.9 Å². The zero-order chi connectivity index (χ0) is 15.5. The molecule has 0 atom stereocenters. The largest absolute Gasteiger partial charge is 0.335 e. The molecular formula is C14H16N6O2. The van der Waals surface area contributed by atoms with Gasteiger partial charge in [0.2, 0.25) is 5.82 Å². The van der Waals surface area contributed by atoms with Crippen molar-refractivity contribution in [1.82, 2.24) is 30.8 Å². The number of nitrogens with zero attached hydrogens (tertiary/aromatic N) is 4. The first-order chi connectivity index (χ1) is 10.6. The second-order valence-electron chi connectivity index (χ2n) is 5.25. The first kappa shape index (κ1) is 14.2. The molecule has 2 N–H and O–H groups in total. The maximum atomic E-state index is 11.7. The molecule has 0 aliphatic heterocycles. The minimum Gasteiger partial charge on any atom is -0.335 e. The Morgan fingerprint density at radius 1 is 1.32 bits per heavy atom. The number of urea groups is 1. The smallest absolute Gasteiger partial charge is 0.321 e. The van der Waals surface area contributed by atoms with Gasteiger partial charge in [-0.15, -0.1) is 10.2 Å². The number of rotatable bonds is 4. The van der Waals surface area contributed by atoms with Gasteiger partial charge in [0.15, 0.2) is 0 Å². The van der Waals surface area contributed by atoms with Crippen LogP contribution < -0.4 is 10.6 Å². The third kappa shape index (κ3) is 3.46. The summed E-state index contributed by atoms with van der Waals surface area (Å²) >= 11 is 0. The number of aryl methyl sites for hydroxylation is 1.